The van der Waals surface area contributed by atoms with Crippen LogP contribution in [0.15, 0.2) is 59.5 Å². The van der Waals surface area contributed by atoms with E-state index in [9.17, 15) is 9.90 Å². The van der Waals surface area contributed by atoms with Gasteiger partial charge in [-0.2, -0.15) is 0 Å². The number of rotatable bonds is 6. The van der Waals surface area contributed by atoms with Crippen molar-refractivity contribution < 1.29 is 19.4 Å². The van der Waals surface area contributed by atoms with Gasteiger partial charge >= 0.3 is 5.97 Å². The van der Waals surface area contributed by atoms with Crippen molar-refractivity contribution in [1.29, 1.82) is 0 Å². The highest BCUT2D eigenvalue weighted by molar-refractivity contribution is 8.00. The Balaban J connectivity index is 1.21. The van der Waals surface area contributed by atoms with Gasteiger partial charge in [-0.1, -0.05) is 30.3 Å². The molecule has 0 saturated carbocycles. The zero-order valence-electron chi connectivity index (χ0n) is 17.9. The highest BCUT2D eigenvalue weighted by Gasteiger charge is 2.37. The molecule has 0 bridgehead atoms. The minimum atomic E-state index is -0.920. The van der Waals surface area contributed by atoms with Gasteiger partial charge in [0.05, 0.1) is 11.5 Å². The molecule has 0 amide bonds. The summed E-state index contributed by atoms with van der Waals surface area (Å²) in [7, 11) is 0. The zero-order chi connectivity index (χ0) is 21.6. The van der Waals surface area contributed by atoms with Crippen LogP contribution in [0.4, 0.5) is 5.69 Å². The lowest BCUT2D eigenvalue weighted by Gasteiger charge is -2.36. The molecule has 1 saturated heterocycles. The molecular formula is C24H30N2O4S. The molecule has 2 aromatic rings. The maximum atomic E-state index is 12.7. The number of thioether (sulfide) groups is 1. The molecule has 7 heteroatoms. The van der Waals surface area contributed by atoms with Crippen LogP contribution in [-0.4, -0.2) is 72.8 Å². The molecule has 1 fully saturated rings. The Morgan fingerprint density at radius 3 is 2.58 bits per heavy atom. The van der Waals surface area contributed by atoms with E-state index in [2.05, 4.69) is 34.1 Å². The molecule has 2 aliphatic rings. The third-order valence-electron chi connectivity index (χ3n) is 5.80. The van der Waals surface area contributed by atoms with Crippen LogP contribution in [0.3, 0.4) is 0 Å². The van der Waals surface area contributed by atoms with E-state index in [1.807, 2.05) is 30.3 Å². The zero-order valence-corrected chi connectivity index (χ0v) is 18.7. The van der Waals surface area contributed by atoms with Gasteiger partial charge in [-0.25, -0.2) is 0 Å². The monoisotopic (exact) mass is 442 g/mol. The standard InChI is InChI=1S/C24H30N2O4S/c1-18-22(27)23(31-21-11-6-5-10-20(21)30-18)24(28)29-17-7-12-25-13-15-26(16-14-25)19-8-3-2-4-9-19/h2-6,8-11,18,22-23,27H,7,12-17H2,1H3/t18?,22-,23+/m0/s1. The number of benzene rings is 2. The molecule has 0 radical (unpaired) electrons. The molecule has 1 N–H and O–H groups in total. The van der Waals surface area contributed by atoms with E-state index in [0.29, 0.717) is 12.4 Å². The fourth-order valence-corrected chi connectivity index (χ4v) is 5.15. The summed E-state index contributed by atoms with van der Waals surface area (Å²) in [5, 5.41) is 9.89. The van der Waals surface area contributed by atoms with Crippen LogP contribution in [-0.2, 0) is 9.53 Å². The van der Waals surface area contributed by atoms with E-state index in [1.54, 1.807) is 6.92 Å². The van der Waals surface area contributed by atoms with Crippen LogP contribution in [0, 0.1) is 0 Å². The maximum Gasteiger partial charge on any atom is 0.322 e. The number of hydrogen-bond acceptors (Lipinski definition) is 7. The number of nitrogens with zero attached hydrogens (tertiary/aromatic N) is 2. The van der Waals surface area contributed by atoms with Crippen LogP contribution in [0.25, 0.3) is 0 Å². The van der Waals surface area contributed by atoms with Crippen molar-refractivity contribution in [3.8, 4) is 5.75 Å². The highest BCUT2D eigenvalue weighted by atomic mass is 32.2. The lowest BCUT2D eigenvalue weighted by Crippen LogP contribution is -2.46. The predicted molar refractivity (Wildman–Crippen MR) is 123 cm³/mol. The number of carbonyl (C=O) groups is 1. The van der Waals surface area contributed by atoms with Crippen molar-refractivity contribution in [2.24, 2.45) is 0 Å². The number of ether oxygens (including phenoxy) is 2. The van der Waals surface area contributed by atoms with Crippen molar-refractivity contribution in [3.05, 3.63) is 54.6 Å². The van der Waals surface area contributed by atoms with Gasteiger partial charge in [0.2, 0.25) is 0 Å². The number of carbonyl (C=O) groups excluding carboxylic acids is 1. The summed E-state index contributed by atoms with van der Waals surface area (Å²) in [5.74, 6) is 0.322. The molecule has 0 spiro atoms. The second-order valence-corrected chi connectivity index (χ2v) is 9.17. The first-order valence-electron chi connectivity index (χ1n) is 10.9. The average Bonchev–Trinajstić information content (AvgIpc) is 2.94. The first kappa shape index (κ1) is 22.0. The minimum Gasteiger partial charge on any atom is -0.487 e. The molecule has 2 heterocycles. The molecular weight excluding hydrogens is 412 g/mol. The Hall–Kier alpha value is -2.22. The first-order valence-corrected chi connectivity index (χ1v) is 11.8. The van der Waals surface area contributed by atoms with Gasteiger partial charge in [-0.15, -0.1) is 11.8 Å². The lowest BCUT2D eigenvalue weighted by atomic mass is 10.1. The maximum absolute atomic E-state index is 12.7. The topological polar surface area (TPSA) is 62.2 Å². The van der Waals surface area contributed by atoms with Gasteiger partial charge in [0.25, 0.3) is 0 Å². The smallest absolute Gasteiger partial charge is 0.322 e. The van der Waals surface area contributed by atoms with E-state index in [-0.39, 0.29) is 5.97 Å². The predicted octanol–water partition coefficient (Wildman–Crippen LogP) is 3.04. The van der Waals surface area contributed by atoms with Gasteiger partial charge in [-0.05, 0) is 37.6 Å². The molecule has 0 aromatic heterocycles. The normalized spacial score (nSPS) is 24.1. The quantitative estimate of drug-likeness (QED) is 0.545. The van der Waals surface area contributed by atoms with Crippen LogP contribution < -0.4 is 9.64 Å². The summed E-state index contributed by atoms with van der Waals surface area (Å²) >= 11 is 1.32. The molecule has 166 valence electrons. The van der Waals surface area contributed by atoms with Crippen molar-refractivity contribution in [2.45, 2.75) is 35.7 Å². The average molecular weight is 443 g/mol. The van der Waals surface area contributed by atoms with Crippen LogP contribution in [0.1, 0.15) is 13.3 Å². The SMILES string of the molecule is CC1Oc2ccccc2S[C@@H](C(=O)OCCCN2CCN(c3ccccc3)CC2)[C@H]1O. The van der Waals surface area contributed by atoms with E-state index in [4.69, 9.17) is 9.47 Å². The van der Waals surface area contributed by atoms with Gasteiger partial charge in [-0.3, -0.25) is 9.69 Å². The summed E-state index contributed by atoms with van der Waals surface area (Å²) in [6, 6.07) is 18.0. The fraction of sp³-hybridized carbons (Fsp3) is 0.458. The number of aliphatic hydroxyl groups is 1. The Morgan fingerprint density at radius 2 is 1.81 bits per heavy atom. The lowest BCUT2D eigenvalue weighted by molar-refractivity contribution is -0.146. The number of aliphatic hydroxyl groups excluding tert-OH is 1. The molecule has 0 aliphatic carbocycles. The van der Waals surface area contributed by atoms with Crippen molar-refractivity contribution in [2.75, 3.05) is 44.2 Å². The van der Waals surface area contributed by atoms with E-state index < -0.39 is 17.5 Å². The number of piperazine rings is 1. The Morgan fingerprint density at radius 1 is 1.10 bits per heavy atom. The summed E-state index contributed by atoms with van der Waals surface area (Å²) in [5.41, 5.74) is 1.27. The second kappa shape index (κ2) is 10.4. The third kappa shape index (κ3) is 5.53. The van der Waals surface area contributed by atoms with Crippen LogP contribution in [0.5, 0.6) is 5.75 Å². The third-order valence-corrected chi connectivity index (χ3v) is 7.11. The van der Waals surface area contributed by atoms with Gasteiger partial charge < -0.3 is 19.5 Å². The molecule has 6 nitrogen and oxygen atoms in total. The van der Waals surface area contributed by atoms with Crippen LogP contribution in [0.2, 0.25) is 0 Å². The van der Waals surface area contributed by atoms with E-state index in [1.165, 1.54) is 17.4 Å². The fourth-order valence-electron chi connectivity index (χ4n) is 3.97. The number of esters is 1. The number of fused-ring (bicyclic) bond motifs is 1. The van der Waals surface area contributed by atoms with Crippen molar-refractivity contribution in [3.63, 3.8) is 0 Å². The van der Waals surface area contributed by atoms with E-state index >= 15 is 0 Å². The number of anilines is 1. The van der Waals surface area contributed by atoms with Crippen LogP contribution >= 0.6 is 11.8 Å². The first-order chi connectivity index (χ1) is 15.1. The number of para-hydroxylation sites is 2. The van der Waals surface area contributed by atoms with Crippen molar-refractivity contribution >= 4 is 23.4 Å². The Bertz CT molecular complexity index is 858. The van der Waals surface area contributed by atoms with Gasteiger partial charge in [0.15, 0.2) is 0 Å². The molecule has 4 rings (SSSR count). The molecule has 1 unspecified atom stereocenters. The number of hydrogen-bond donors (Lipinski definition) is 1. The van der Waals surface area contributed by atoms with Crippen molar-refractivity contribution in [1.82, 2.24) is 4.90 Å². The minimum absolute atomic E-state index is 0.360. The highest BCUT2D eigenvalue weighted by Crippen LogP contribution is 2.38. The second-order valence-electron chi connectivity index (χ2n) is 7.98. The Labute approximate surface area is 188 Å². The molecule has 31 heavy (non-hydrogen) atoms. The Kier molecular flexibility index (Phi) is 7.37. The largest absolute Gasteiger partial charge is 0.487 e. The summed E-state index contributed by atoms with van der Waals surface area (Å²) in [6.45, 7) is 7.06. The summed E-state index contributed by atoms with van der Waals surface area (Å²) in [6.07, 6.45) is -0.613. The molecule has 2 aromatic carbocycles. The van der Waals surface area contributed by atoms with Gasteiger partial charge in [0, 0.05) is 38.4 Å². The van der Waals surface area contributed by atoms with E-state index in [0.717, 1.165) is 44.0 Å². The molecule has 3 atom stereocenters. The molecule has 2 aliphatic heterocycles. The summed E-state index contributed by atoms with van der Waals surface area (Å²) in [4.78, 5) is 18.4. The summed E-state index contributed by atoms with van der Waals surface area (Å²) < 4.78 is 11.3. The van der Waals surface area contributed by atoms with Gasteiger partial charge in [0.1, 0.15) is 23.2 Å².